The van der Waals surface area contributed by atoms with Gasteiger partial charge in [-0.25, -0.2) is 0 Å². The van der Waals surface area contributed by atoms with Gasteiger partial charge in [-0.3, -0.25) is 9.88 Å². The first-order valence-corrected chi connectivity index (χ1v) is 8.20. The Balaban J connectivity index is 1.51. The van der Waals surface area contributed by atoms with E-state index in [1.807, 2.05) is 18.5 Å². The third kappa shape index (κ3) is 3.21. The van der Waals surface area contributed by atoms with Gasteiger partial charge in [0.15, 0.2) is 0 Å². The van der Waals surface area contributed by atoms with Crippen LogP contribution in [0.4, 0.5) is 0 Å². The van der Waals surface area contributed by atoms with Crippen LogP contribution in [0.5, 0.6) is 0 Å². The minimum absolute atomic E-state index is 0.192. The van der Waals surface area contributed by atoms with Gasteiger partial charge in [-0.1, -0.05) is 36.4 Å². The number of hydrogen-bond acceptors (Lipinski definition) is 3. The third-order valence-corrected chi connectivity index (χ3v) is 4.65. The van der Waals surface area contributed by atoms with E-state index in [4.69, 9.17) is 4.74 Å². The Kier molecular flexibility index (Phi) is 3.92. The molecule has 1 aromatic carbocycles. The highest BCUT2D eigenvalue weighted by atomic mass is 16.5. The summed E-state index contributed by atoms with van der Waals surface area (Å²) < 4.78 is 6.41. The summed E-state index contributed by atoms with van der Waals surface area (Å²) in [5.41, 5.74) is 2.58. The van der Waals surface area contributed by atoms with E-state index in [1.165, 1.54) is 24.0 Å². The monoisotopic (exact) mass is 294 g/mol. The molecule has 0 amide bonds. The minimum atomic E-state index is 0.192. The van der Waals surface area contributed by atoms with Crippen LogP contribution in [-0.2, 0) is 11.3 Å². The van der Waals surface area contributed by atoms with Crippen LogP contribution in [0.3, 0.4) is 0 Å². The molecule has 2 heterocycles. The van der Waals surface area contributed by atoms with Crippen LogP contribution in [0.15, 0.2) is 54.9 Å². The number of pyridine rings is 1. The van der Waals surface area contributed by atoms with Crippen molar-refractivity contribution in [3.63, 3.8) is 0 Å². The Morgan fingerprint density at radius 3 is 2.64 bits per heavy atom. The molecule has 3 heteroatoms. The lowest BCUT2D eigenvalue weighted by Gasteiger charge is -2.38. The molecule has 0 spiro atoms. The van der Waals surface area contributed by atoms with Crippen LogP contribution < -0.4 is 0 Å². The molecule has 1 aliphatic heterocycles. The molecule has 1 saturated carbocycles. The molecule has 2 fully saturated rings. The maximum Gasteiger partial charge on any atom is 0.0956 e. The van der Waals surface area contributed by atoms with Crippen molar-refractivity contribution in [2.75, 3.05) is 13.1 Å². The van der Waals surface area contributed by atoms with Gasteiger partial charge >= 0.3 is 0 Å². The molecule has 4 rings (SSSR count). The summed E-state index contributed by atoms with van der Waals surface area (Å²) in [6.45, 7) is 2.97. The molecule has 1 saturated heterocycles. The van der Waals surface area contributed by atoms with Crippen molar-refractivity contribution in [1.29, 1.82) is 0 Å². The largest absolute Gasteiger partial charge is 0.367 e. The Bertz CT molecular complexity index is 597. The molecule has 2 atom stereocenters. The Hall–Kier alpha value is -1.71. The van der Waals surface area contributed by atoms with Crippen LogP contribution in [0.1, 0.15) is 30.1 Å². The summed E-state index contributed by atoms with van der Waals surface area (Å²) in [4.78, 5) is 6.76. The maximum absolute atomic E-state index is 6.41. The molecular weight excluding hydrogens is 272 g/mol. The second-order valence-corrected chi connectivity index (χ2v) is 6.47. The fourth-order valence-electron chi connectivity index (χ4n) is 3.32. The summed E-state index contributed by atoms with van der Waals surface area (Å²) in [7, 11) is 0. The molecule has 2 aliphatic rings. The average molecular weight is 294 g/mol. The lowest BCUT2D eigenvalue weighted by Crippen LogP contribution is -2.44. The van der Waals surface area contributed by atoms with Gasteiger partial charge in [-0.2, -0.15) is 0 Å². The van der Waals surface area contributed by atoms with Gasteiger partial charge in [0, 0.05) is 32.0 Å². The molecule has 1 aliphatic carbocycles. The summed E-state index contributed by atoms with van der Waals surface area (Å²) in [6.07, 6.45) is 7.04. The van der Waals surface area contributed by atoms with Crippen LogP contribution in [0, 0.1) is 5.92 Å². The van der Waals surface area contributed by atoms with Crippen LogP contribution >= 0.6 is 0 Å². The number of rotatable bonds is 4. The summed E-state index contributed by atoms with van der Waals surface area (Å²) in [5, 5.41) is 0. The Morgan fingerprint density at radius 1 is 1.05 bits per heavy atom. The van der Waals surface area contributed by atoms with E-state index in [9.17, 15) is 0 Å². The zero-order valence-corrected chi connectivity index (χ0v) is 12.8. The standard InChI is InChI=1S/C19H22N2O/c1-2-6-16(7-3-1)18-13-21(12-15-5-4-10-20-11-15)14-19(22-18)17-8-9-17/h1-7,10-11,17-19H,8-9,12-14H2/t18-,19+/m0/s1. The van der Waals surface area contributed by atoms with Gasteiger partial charge < -0.3 is 4.74 Å². The van der Waals surface area contributed by atoms with E-state index >= 15 is 0 Å². The maximum atomic E-state index is 6.41. The van der Waals surface area contributed by atoms with Gasteiger partial charge in [0.05, 0.1) is 12.2 Å². The van der Waals surface area contributed by atoms with Gasteiger partial charge in [0.25, 0.3) is 0 Å². The zero-order valence-electron chi connectivity index (χ0n) is 12.8. The number of aromatic nitrogens is 1. The molecule has 0 bridgehead atoms. The van der Waals surface area contributed by atoms with E-state index in [1.54, 1.807) is 0 Å². The Morgan fingerprint density at radius 2 is 1.91 bits per heavy atom. The first kappa shape index (κ1) is 13.9. The first-order chi connectivity index (χ1) is 10.9. The highest BCUT2D eigenvalue weighted by Gasteiger charge is 2.38. The molecule has 2 aromatic rings. The number of ether oxygens (including phenoxy) is 1. The van der Waals surface area contributed by atoms with Crippen LogP contribution in [0.25, 0.3) is 0 Å². The van der Waals surface area contributed by atoms with Gasteiger partial charge in [-0.05, 0) is 36.0 Å². The van der Waals surface area contributed by atoms with Crippen LogP contribution in [0.2, 0.25) is 0 Å². The van der Waals surface area contributed by atoms with E-state index in [0.717, 1.165) is 25.6 Å². The second kappa shape index (κ2) is 6.19. The normalized spacial score (nSPS) is 26.0. The number of hydrogen-bond donors (Lipinski definition) is 0. The summed E-state index contributed by atoms with van der Waals surface area (Å²) in [5.74, 6) is 0.767. The highest BCUT2D eigenvalue weighted by Crippen LogP contribution is 2.39. The smallest absolute Gasteiger partial charge is 0.0956 e. The molecular formula is C19H22N2O. The molecule has 3 nitrogen and oxygen atoms in total. The van der Waals surface area contributed by atoms with Crippen LogP contribution in [-0.4, -0.2) is 29.1 Å². The molecule has 0 N–H and O–H groups in total. The van der Waals surface area contributed by atoms with Gasteiger partial charge in [0.2, 0.25) is 0 Å². The predicted molar refractivity (Wildman–Crippen MR) is 86.3 cm³/mol. The zero-order chi connectivity index (χ0) is 14.8. The van der Waals surface area contributed by atoms with Gasteiger partial charge in [0.1, 0.15) is 0 Å². The molecule has 0 unspecified atom stereocenters. The first-order valence-electron chi connectivity index (χ1n) is 8.20. The van der Waals surface area contributed by atoms with E-state index < -0.39 is 0 Å². The quantitative estimate of drug-likeness (QED) is 0.864. The molecule has 22 heavy (non-hydrogen) atoms. The van der Waals surface area contributed by atoms with Crippen molar-refractivity contribution in [2.45, 2.75) is 31.6 Å². The summed E-state index contributed by atoms with van der Waals surface area (Å²) >= 11 is 0. The van der Waals surface area contributed by atoms with Gasteiger partial charge in [-0.15, -0.1) is 0 Å². The topological polar surface area (TPSA) is 25.4 Å². The number of benzene rings is 1. The average Bonchev–Trinajstić information content (AvgIpc) is 3.41. The van der Waals surface area contributed by atoms with E-state index in [0.29, 0.717) is 6.10 Å². The number of nitrogens with zero attached hydrogens (tertiary/aromatic N) is 2. The fraction of sp³-hybridized carbons (Fsp3) is 0.421. The van der Waals surface area contributed by atoms with Crippen molar-refractivity contribution in [2.24, 2.45) is 5.92 Å². The van der Waals surface area contributed by atoms with Crippen molar-refractivity contribution >= 4 is 0 Å². The minimum Gasteiger partial charge on any atom is -0.367 e. The van der Waals surface area contributed by atoms with Crippen molar-refractivity contribution in [3.05, 3.63) is 66.0 Å². The van der Waals surface area contributed by atoms with Crippen molar-refractivity contribution in [1.82, 2.24) is 9.88 Å². The molecule has 1 aromatic heterocycles. The highest BCUT2D eigenvalue weighted by molar-refractivity contribution is 5.19. The lowest BCUT2D eigenvalue weighted by atomic mass is 10.0. The van der Waals surface area contributed by atoms with Crippen molar-refractivity contribution < 1.29 is 4.74 Å². The fourth-order valence-corrected chi connectivity index (χ4v) is 3.32. The third-order valence-electron chi connectivity index (χ3n) is 4.65. The number of morpholine rings is 1. The van der Waals surface area contributed by atoms with Crippen molar-refractivity contribution in [3.8, 4) is 0 Å². The SMILES string of the molecule is c1ccc([C@@H]2CN(Cc3cccnc3)C[C@H](C3CC3)O2)cc1. The van der Waals surface area contributed by atoms with E-state index in [-0.39, 0.29) is 6.10 Å². The Labute approximate surface area is 131 Å². The molecule has 0 radical (unpaired) electrons. The lowest BCUT2D eigenvalue weighted by molar-refractivity contribution is -0.0986. The predicted octanol–water partition coefficient (Wildman–Crippen LogP) is 3.43. The van der Waals surface area contributed by atoms with E-state index in [2.05, 4.69) is 46.3 Å². The molecule has 114 valence electrons. The second-order valence-electron chi connectivity index (χ2n) is 6.47. The summed E-state index contributed by atoms with van der Waals surface area (Å²) in [6, 6.07) is 14.8.